The molecule has 0 atom stereocenters. The van der Waals surface area contributed by atoms with Crippen LogP contribution in [0.5, 0.6) is 0 Å². The average Bonchev–Trinajstić information content (AvgIpc) is 3.07. The molecular weight excluding hydrogens is 324 g/mol. The Balaban J connectivity index is 1.76. The first kappa shape index (κ1) is 14.3. The number of benzene rings is 3. The Hall–Kier alpha value is -3.04. The SMILES string of the molecule is c1ccc(-c2ccc3c(c2)sc2c(-c4ccccc4)ncnc23)cc1. The Kier molecular flexibility index (Phi) is 3.32. The molecule has 25 heavy (non-hydrogen) atoms. The van der Waals surface area contributed by atoms with Crippen molar-refractivity contribution in [2.45, 2.75) is 0 Å². The Labute approximate surface area is 149 Å². The number of aromatic nitrogens is 2. The standard InChI is InChI=1S/C22H14N2S/c1-3-7-15(8-4-1)17-11-12-18-19(13-17)25-22-20(23-14-24-21(18)22)16-9-5-2-6-10-16/h1-14H. The smallest absolute Gasteiger partial charge is 0.116 e. The number of nitrogens with zero attached hydrogens (tertiary/aromatic N) is 2. The Morgan fingerprint density at radius 3 is 2.12 bits per heavy atom. The molecule has 2 aromatic heterocycles. The van der Waals surface area contributed by atoms with Crippen molar-refractivity contribution in [3.63, 3.8) is 0 Å². The molecule has 0 saturated heterocycles. The normalized spacial score (nSPS) is 11.2. The van der Waals surface area contributed by atoms with Gasteiger partial charge in [0.05, 0.1) is 15.9 Å². The van der Waals surface area contributed by atoms with Crippen molar-refractivity contribution in [1.29, 1.82) is 0 Å². The lowest BCUT2D eigenvalue weighted by Crippen LogP contribution is -1.85. The summed E-state index contributed by atoms with van der Waals surface area (Å²) in [6, 6.07) is 27.4. The molecule has 0 aliphatic rings. The summed E-state index contributed by atoms with van der Waals surface area (Å²) < 4.78 is 2.39. The van der Waals surface area contributed by atoms with Gasteiger partial charge in [-0.3, -0.25) is 0 Å². The fourth-order valence-corrected chi connectivity index (χ4v) is 4.39. The van der Waals surface area contributed by atoms with E-state index in [-0.39, 0.29) is 0 Å². The molecule has 0 N–H and O–H groups in total. The molecule has 0 aliphatic heterocycles. The van der Waals surface area contributed by atoms with E-state index >= 15 is 0 Å². The predicted octanol–water partition coefficient (Wildman–Crippen LogP) is 6.18. The van der Waals surface area contributed by atoms with Gasteiger partial charge in [0.15, 0.2) is 0 Å². The van der Waals surface area contributed by atoms with Crippen LogP contribution in [0.25, 0.3) is 42.7 Å². The van der Waals surface area contributed by atoms with Gasteiger partial charge in [0.25, 0.3) is 0 Å². The highest BCUT2D eigenvalue weighted by molar-refractivity contribution is 7.26. The lowest BCUT2D eigenvalue weighted by molar-refractivity contribution is 1.24. The van der Waals surface area contributed by atoms with Gasteiger partial charge < -0.3 is 0 Å². The van der Waals surface area contributed by atoms with Crippen LogP contribution in [0.15, 0.2) is 85.2 Å². The zero-order valence-electron chi connectivity index (χ0n) is 13.4. The maximum Gasteiger partial charge on any atom is 0.116 e. The Bertz CT molecular complexity index is 1180. The van der Waals surface area contributed by atoms with Crippen LogP contribution < -0.4 is 0 Å². The first-order chi connectivity index (χ1) is 12.4. The highest BCUT2D eigenvalue weighted by Gasteiger charge is 2.13. The first-order valence-electron chi connectivity index (χ1n) is 8.18. The van der Waals surface area contributed by atoms with E-state index in [1.165, 1.54) is 21.2 Å². The van der Waals surface area contributed by atoms with E-state index in [0.717, 1.165) is 21.5 Å². The van der Waals surface area contributed by atoms with Crippen molar-refractivity contribution in [3.05, 3.63) is 85.2 Å². The molecule has 3 aromatic carbocycles. The number of hydrogen-bond acceptors (Lipinski definition) is 3. The second-order valence-corrected chi connectivity index (χ2v) is 7.00. The molecule has 0 aliphatic carbocycles. The summed E-state index contributed by atoms with van der Waals surface area (Å²) in [7, 11) is 0. The van der Waals surface area contributed by atoms with E-state index in [1.807, 2.05) is 24.3 Å². The lowest BCUT2D eigenvalue weighted by atomic mass is 10.0. The van der Waals surface area contributed by atoms with Crippen molar-refractivity contribution in [2.75, 3.05) is 0 Å². The number of thiophene rings is 1. The van der Waals surface area contributed by atoms with Gasteiger partial charge in [-0.25, -0.2) is 9.97 Å². The molecule has 3 heteroatoms. The molecule has 0 saturated carbocycles. The largest absolute Gasteiger partial charge is 0.235 e. The Morgan fingerprint density at radius 1 is 0.640 bits per heavy atom. The monoisotopic (exact) mass is 338 g/mol. The van der Waals surface area contributed by atoms with Gasteiger partial charge in [-0.1, -0.05) is 72.8 Å². The average molecular weight is 338 g/mol. The van der Waals surface area contributed by atoms with Crippen LogP contribution in [0.4, 0.5) is 0 Å². The molecule has 2 nitrogen and oxygen atoms in total. The van der Waals surface area contributed by atoms with Crippen molar-refractivity contribution in [2.24, 2.45) is 0 Å². The van der Waals surface area contributed by atoms with Gasteiger partial charge >= 0.3 is 0 Å². The second kappa shape index (κ2) is 5.80. The van der Waals surface area contributed by atoms with Crippen LogP contribution in [0.3, 0.4) is 0 Å². The molecule has 0 fully saturated rings. The number of fused-ring (bicyclic) bond motifs is 3. The third-order valence-electron chi connectivity index (χ3n) is 4.41. The number of hydrogen-bond donors (Lipinski definition) is 0. The van der Waals surface area contributed by atoms with Gasteiger partial charge in [0, 0.05) is 15.6 Å². The highest BCUT2D eigenvalue weighted by atomic mass is 32.1. The molecule has 0 amide bonds. The van der Waals surface area contributed by atoms with Gasteiger partial charge in [0.1, 0.15) is 6.33 Å². The van der Waals surface area contributed by atoms with Crippen molar-refractivity contribution < 1.29 is 0 Å². The van der Waals surface area contributed by atoms with Gasteiger partial charge in [-0.05, 0) is 17.2 Å². The number of rotatable bonds is 2. The van der Waals surface area contributed by atoms with Gasteiger partial charge in [0.2, 0.25) is 0 Å². The summed E-state index contributed by atoms with van der Waals surface area (Å²) >= 11 is 1.77. The van der Waals surface area contributed by atoms with E-state index < -0.39 is 0 Å². The van der Waals surface area contributed by atoms with Crippen LogP contribution in [0.1, 0.15) is 0 Å². The topological polar surface area (TPSA) is 25.8 Å². The summed E-state index contributed by atoms with van der Waals surface area (Å²) in [6.45, 7) is 0. The lowest BCUT2D eigenvalue weighted by Gasteiger charge is -2.01. The van der Waals surface area contributed by atoms with Crippen LogP contribution in [-0.4, -0.2) is 9.97 Å². The Morgan fingerprint density at radius 2 is 1.36 bits per heavy atom. The zero-order chi connectivity index (χ0) is 16.6. The van der Waals surface area contributed by atoms with E-state index in [9.17, 15) is 0 Å². The fraction of sp³-hybridized carbons (Fsp3) is 0. The molecule has 5 aromatic rings. The van der Waals surface area contributed by atoms with Crippen LogP contribution in [0, 0.1) is 0 Å². The fourth-order valence-electron chi connectivity index (χ4n) is 3.19. The summed E-state index contributed by atoms with van der Waals surface area (Å²) in [5.74, 6) is 0. The highest BCUT2D eigenvalue weighted by Crippen LogP contribution is 2.39. The third-order valence-corrected chi connectivity index (χ3v) is 5.56. The van der Waals surface area contributed by atoms with Crippen molar-refractivity contribution >= 4 is 31.6 Å². The van der Waals surface area contributed by atoms with Crippen molar-refractivity contribution in [3.8, 4) is 22.4 Å². The molecule has 0 radical (unpaired) electrons. The summed E-state index contributed by atoms with van der Waals surface area (Å²) in [5.41, 5.74) is 5.64. The summed E-state index contributed by atoms with van der Waals surface area (Å²) in [5, 5.41) is 1.19. The zero-order valence-corrected chi connectivity index (χ0v) is 14.2. The molecule has 0 unspecified atom stereocenters. The van der Waals surface area contributed by atoms with E-state index in [2.05, 4.69) is 64.6 Å². The molecule has 0 spiro atoms. The molecular formula is C22H14N2S. The maximum absolute atomic E-state index is 4.56. The van der Waals surface area contributed by atoms with Crippen LogP contribution >= 0.6 is 11.3 Å². The maximum atomic E-state index is 4.56. The second-order valence-electron chi connectivity index (χ2n) is 5.95. The van der Waals surface area contributed by atoms with Crippen molar-refractivity contribution in [1.82, 2.24) is 9.97 Å². The van der Waals surface area contributed by atoms with Crippen LogP contribution in [0.2, 0.25) is 0 Å². The minimum Gasteiger partial charge on any atom is -0.235 e. The minimum atomic E-state index is 1.01. The predicted molar refractivity (Wildman–Crippen MR) is 106 cm³/mol. The van der Waals surface area contributed by atoms with E-state index in [4.69, 9.17) is 0 Å². The third kappa shape index (κ3) is 2.41. The molecule has 2 heterocycles. The summed E-state index contributed by atoms with van der Waals surface area (Å²) in [6.07, 6.45) is 1.67. The van der Waals surface area contributed by atoms with Gasteiger partial charge in [-0.2, -0.15) is 0 Å². The minimum absolute atomic E-state index is 1.01. The first-order valence-corrected chi connectivity index (χ1v) is 9.00. The molecule has 5 rings (SSSR count). The summed E-state index contributed by atoms with van der Waals surface area (Å²) in [4.78, 5) is 9.11. The van der Waals surface area contributed by atoms with E-state index in [0.29, 0.717) is 0 Å². The van der Waals surface area contributed by atoms with Crippen LogP contribution in [-0.2, 0) is 0 Å². The van der Waals surface area contributed by atoms with E-state index in [1.54, 1.807) is 17.7 Å². The molecule has 0 bridgehead atoms. The molecule has 118 valence electrons. The quantitative estimate of drug-likeness (QED) is 0.384. The van der Waals surface area contributed by atoms with Gasteiger partial charge in [-0.15, -0.1) is 11.3 Å².